The highest BCUT2D eigenvalue weighted by atomic mass is 32.1. The standard InChI is InChI=1S/C22H23N5OS/c1-13-3-4-19(24-10-13)26-17-8-15-9-18(17)27(12-15)22(28)20-16(7-14(2)11-25-20)21-23-5-6-29-21/h3-7,10-11,15,17-18H,8-9,12H2,1-2H3,(H,24,26). The Morgan fingerprint density at radius 2 is 2.00 bits per heavy atom. The van der Waals surface area contributed by atoms with Crippen LogP contribution in [0.25, 0.3) is 10.6 Å². The van der Waals surface area contributed by atoms with Gasteiger partial charge in [-0.25, -0.2) is 9.97 Å². The molecule has 1 aliphatic carbocycles. The first kappa shape index (κ1) is 18.2. The van der Waals surface area contributed by atoms with Crippen LogP contribution in [0.2, 0.25) is 0 Å². The van der Waals surface area contributed by atoms with Gasteiger partial charge in [-0.05, 0) is 55.9 Å². The third-order valence-electron chi connectivity index (χ3n) is 5.88. The van der Waals surface area contributed by atoms with Crippen molar-refractivity contribution in [3.05, 3.63) is 59.0 Å². The van der Waals surface area contributed by atoms with Crippen molar-refractivity contribution in [1.82, 2.24) is 19.9 Å². The van der Waals surface area contributed by atoms with Crippen LogP contribution in [-0.2, 0) is 0 Å². The zero-order valence-electron chi connectivity index (χ0n) is 16.5. The van der Waals surface area contributed by atoms with E-state index in [9.17, 15) is 4.79 Å². The molecule has 1 amide bonds. The largest absolute Gasteiger partial charge is 0.365 e. The fourth-order valence-electron chi connectivity index (χ4n) is 4.55. The number of nitrogens with zero attached hydrogens (tertiary/aromatic N) is 4. The average Bonchev–Trinajstić information content (AvgIpc) is 3.46. The van der Waals surface area contributed by atoms with Gasteiger partial charge in [-0.1, -0.05) is 6.07 Å². The average molecular weight is 406 g/mol. The number of pyridine rings is 2. The number of aryl methyl sites for hydroxylation is 2. The summed E-state index contributed by atoms with van der Waals surface area (Å²) in [5, 5.41) is 6.32. The molecule has 2 bridgehead atoms. The molecule has 6 nitrogen and oxygen atoms in total. The minimum atomic E-state index is 0.00562. The number of amides is 1. The van der Waals surface area contributed by atoms with Crippen LogP contribution in [0.3, 0.4) is 0 Å². The zero-order valence-corrected chi connectivity index (χ0v) is 17.3. The number of rotatable bonds is 4. The number of piperidine rings is 1. The maximum atomic E-state index is 13.5. The van der Waals surface area contributed by atoms with Gasteiger partial charge in [-0.2, -0.15) is 0 Å². The summed E-state index contributed by atoms with van der Waals surface area (Å²) in [6.07, 6.45) is 7.51. The normalized spacial score (nSPS) is 22.8. The maximum absolute atomic E-state index is 13.5. The Balaban J connectivity index is 1.40. The molecule has 7 heteroatoms. The molecule has 3 unspecified atom stereocenters. The van der Waals surface area contributed by atoms with Crippen molar-refractivity contribution in [2.24, 2.45) is 5.92 Å². The summed E-state index contributed by atoms with van der Waals surface area (Å²) in [5.41, 5.74) is 3.50. The lowest BCUT2D eigenvalue weighted by Crippen LogP contribution is -2.48. The number of hydrogen-bond donors (Lipinski definition) is 1. The number of hydrogen-bond acceptors (Lipinski definition) is 6. The number of carbonyl (C=O) groups is 1. The van der Waals surface area contributed by atoms with Crippen molar-refractivity contribution in [3.8, 4) is 10.6 Å². The topological polar surface area (TPSA) is 71.0 Å². The zero-order chi connectivity index (χ0) is 20.0. The van der Waals surface area contributed by atoms with Gasteiger partial charge in [0.2, 0.25) is 0 Å². The molecule has 148 valence electrons. The Hall–Kier alpha value is -2.80. The molecule has 0 spiro atoms. The second-order valence-electron chi connectivity index (χ2n) is 8.08. The number of thiazole rings is 1. The lowest BCUT2D eigenvalue weighted by Gasteiger charge is -2.34. The SMILES string of the molecule is Cc1ccc(NC2CC3CC2N(C(=O)c2ncc(C)cc2-c2nccs2)C3)nc1. The Kier molecular flexibility index (Phi) is 4.54. The maximum Gasteiger partial charge on any atom is 0.273 e. The highest BCUT2D eigenvalue weighted by Gasteiger charge is 2.47. The summed E-state index contributed by atoms with van der Waals surface area (Å²) >= 11 is 1.54. The van der Waals surface area contributed by atoms with Gasteiger partial charge in [-0.15, -0.1) is 11.3 Å². The van der Waals surface area contributed by atoms with E-state index in [1.54, 1.807) is 12.4 Å². The van der Waals surface area contributed by atoms with Gasteiger partial charge >= 0.3 is 0 Å². The van der Waals surface area contributed by atoms with E-state index in [4.69, 9.17) is 0 Å². The number of nitrogens with one attached hydrogen (secondary N) is 1. The van der Waals surface area contributed by atoms with E-state index >= 15 is 0 Å². The molecule has 1 saturated heterocycles. The van der Waals surface area contributed by atoms with Gasteiger partial charge in [-0.3, -0.25) is 9.78 Å². The second kappa shape index (κ2) is 7.22. The van der Waals surface area contributed by atoms with Crippen molar-refractivity contribution >= 4 is 23.1 Å². The molecule has 3 aromatic heterocycles. The summed E-state index contributed by atoms with van der Waals surface area (Å²) in [7, 11) is 0. The summed E-state index contributed by atoms with van der Waals surface area (Å²) in [6, 6.07) is 6.47. The van der Waals surface area contributed by atoms with Gasteiger partial charge in [0.15, 0.2) is 0 Å². The number of carbonyl (C=O) groups excluding carboxylic acids is 1. The fourth-order valence-corrected chi connectivity index (χ4v) is 5.21. The number of aromatic nitrogens is 3. The quantitative estimate of drug-likeness (QED) is 0.712. The van der Waals surface area contributed by atoms with Crippen LogP contribution in [0, 0.1) is 19.8 Å². The lowest BCUT2D eigenvalue weighted by atomic mass is 10.0. The Morgan fingerprint density at radius 3 is 2.72 bits per heavy atom. The lowest BCUT2D eigenvalue weighted by molar-refractivity contribution is 0.0687. The molecule has 1 saturated carbocycles. The van der Waals surface area contributed by atoms with Gasteiger partial charge in [0.05, 0.1) is 6.04 Å². The van der Waals surface area contributed by atoms with E-state index in [2.05, 4.69) is 26.3 Å². The van der Waals surface area contributed by atoms with Crippen molar-refractivity contribution in [2.75, 3.05) is 11.9 Å². The first-order valence-corrected chi connectivity index (χ1v) is 10.8. The van der Waals surface area contributed by atoms with Crippen molar-refractivity contribution in [2.45, 2.75) is 38.8 Å². The van der Waals surface area contributed by atoms with Gasteiger partial charge in [0.1, 0.15) is 16.5 Å². The van der Waals surface area contributed by atoms with Crippen molar-refractivity contribution in [1.29, 1.82) is 0 Å². The third-order valence-corrected chi connectivity index (χ3v) is 6.68. The summed E-state index contributed by atoms with van der Waals surface area (Å²) in [5.74, 6) is 1.41. The first-order valence-electron chi connectivity index (χ1n) is 9.95. The molecular formula is C22H23N5OS. The van der Waals surface area contributed by atoms with Crippen LogP contribution >= 0.6 is 11.3 Å². The summed E-state index contributed by atoms with van der Waals surface area (Å²) in [4.78, 5) is 28.9. The van der Waals surface area contributed by atoms with E-state index in [1.807, 2.05) is 42.5 Å². The highest BCUT2D eigenvalue weighted by Crippen LogP contribution is 2.40. The van der Waals surface area contributed by atoms with E-state index in [0.717, 1.165) is 46.9 Å². The monoisotopic (exact) mass is 405 g/mol. The van der Waals surface area contributed by atoms with Gasteiger partial charge < -0.3 is 10.2 Å². The smallest absolute Gasteiger partial charge is 0.273 e. The van der Waals surface area contributed by atoms with E-state index < -0.39 is 0 Å². The molecule has 1 N–H and O–H groups in total. The molecule has 2 fully saturated rings. The van der Waals surface area contributed by atoms with E-state index in [1.165, 1.54) is 11.3 Å². The minimum absolute atomic E-state index is 0.00562. The Morgan fingerprint density at radius 1 is 1.14 bits per heavy atom. The number of anilines is 1. The number of fused-ring (bicyclic) bond motifs is 2. The predicted molar refractivity (Wildman–Crippen MR) is 114 cm³/mol. The van der Waals surface area contributed by atoms with Crippen LogP contribution < -0.4 is 5.32 Å². The van der Waals surface area contributed by atoms with Crippen LogP contribution in [0.1, 0.15) is 34.5 Å². The molecule has 5 rings (SSSR count). The summed E-state index contributed by atoms with van der Waals surface area (Å²) in [6.45, 7) is 4.82. The Bertz CT molecular complexity index is 1030. The molecule has 29 heavy (non-hydrogen) atoms. The predicted octanol–water partition coefficient (Wildman–Crippen LogP) is 3.93. The van der Waals surface area contributed by atoms with E-state index in [-0.39, 0.29) is 18.0 Å². The van der Waals surface area contributed by atoms with Crippen molar-refractivity contribution < 1.29 is 4.79 Å². The third kappa shape index (κ3) is 3.40. The van der Waals surface area contributed by atoms with Gasteiger partial charge in [0.25, 0.3) is 5.91 Å². The van der Waals surface area contributed by atoms with Crippen LogP contribution in [-0.4, -0.2) is 44.4 Å². The molecule has 1 aliphatic heterocycles. The Labute approximate surface area is 174 Å². The van der Waals surface area contributed by atoms with E-state index in [0.29, 0.717) is 11.6 Å². The molecule has 2 aliphatic rings. The summed E-state index contributed by atoms with van der Waals surface area (Å²) < 4.78 is 0. The number of likely N-dealkylation sites (tertiary alicyclic amines) is 1. The van der Waals surface area contributed by atoms with Crippen LogP contribution in [0.4, 0.5) is 5.82 Å². The van der Waals surface area contributed by atoms with Crippen LogP contribution in [0.5, 0.6) is 0 Å². The minimum Gasteiger partial charge on any atom is -0.365 e. The van der Waals surface area contributed by atoms with Crippen molar-refractivity contribution in [3.63, 3.8) is 0 Å². The second-order valence-corrected chi connectivity index (χ2v) is 8.97. The molecule has 4 heterocycles. The van der Waals surface area contributed by atoms with Gasteiger partial charge in [0, 0.05) is 42.1 Å². The van der Waals surface area contributed by atoms with Crippen LogP contribution in [0.15, 0.2) is 42.2 Å². The molecule has 0 radical (unpaired) electrons. The molecule has 3 atom stereocenters. The first-order chi connectivity index (χ1) is 14.1. The highest BCUT2D eigenvalue weighted by molar-refractivity contribution is 7.13. The molecule has 0 aromatic carbocycles. The fraction of sp³-hybridized carbons (Fsp3) is 0.364. The molecule has 3 aromatic rings. The molecular weight excluding hydrogens is 382 g/mol.